The lowest BCUT2D eigenvalue weighted by Crippen LogP contribution is -2.35. The van der Waals surface area contributed by atoms with E-state index in [4.69, 9.17) is 5.26 Å². The molecule has 0 saturated carbocycles. The minimum absolute atomic E-state index is 0.166. The molecule has 0 spiro atoms. The number of nitrogens with zero attached hydrogens (tertiary/aromatic N) is 2. The standard InChI is InChI=1S/C12H23N3O/c1-11(2)10-15(9-5-7-13)12(16)6-4-8-14-3/h11,14H,4-6,8-10H2,1-3H3. The summed E-state index contributed by atoms with van der Waals surface area (Å²) in [5, 5.41) is 11.6. The number of carbonyl (C=O) groups excluding carboxylic acids is 1. The van der Waals surface area contributed by atoms with Crippen molar-refractivity contribution in [3.8, 4) is 6.07 Å². The highest BCUT2D eigenvalue weighted by Crippen LogP contribution is 2.04. The summed E-state index contributed by atoms with van der Waals surface area (Å²) in [7, 11) is 1.88. The van der Waals surface area contributed by atoms with E-state index >= 15 is 0 Å². The Labute approximate surface area is 98.6 Å². The van der Waals surface area contributed by atoms with Gasteiger partial charge in [-0.15, -0.1) is 0 Å². The second kappa shape index (κ2) is 9.17. The quantitative estimate of drug-likeness (QED) is 0.635. The van der Waals surface area contributed by atoms with E-state index in [1.54, 1.807) is 0 Å². The molecule has 0 atom stereocenters. The van der Waals surface area contributed by atoms with Crippen molar-refractivity contribution in [1.29, 1.82) is 5.26 Å². The lowest BCUT2D eigenvalue weighted by molar-refractivity contribution is -0.131. The second-order valence-electron chi connectivity index (χ2n) is 4.35. The molecule has 0 saturated heterocycles. The van der Waals surface area contributed by atoms with Gasteiger partial charge >= 0.3 is 0 Å². The minimum Gasteiger partial charge on any atom is -0.341 e. The Kier molecular flexibility index (Phi) is 8.55. The third-order valence-corrected chi connectivity index (χ3v) is 2.25. The van der Waals surface area contributed by atoms with Crippen LogP contribution in [-0.2, 0) is 4.79 Å². The van der Waals surface area contributed by atoms with Gasteiger partial charge in [0.25, 0.3) is 0 Å². The maximum Gasteiger partial charge on any atom is 0.222 e. The maximum atomic E-state index is 11.8. The molecular weight excluding hydrogens is 202 g/mol. The molecule has 0 aromatic rings. The molecule has 1 N–H and O–H groups in total. The van der Waals surface area contributed by atoms with Crippen LogP contribution in [-0.4, -0.2) is 37.5 Å². The van der Waals surface area contributed by atoms with Crippen LogP contribution in [0.5, 0.6) is 0 Å². The lowest BCUT2D eigenvalue weighted by Gasteiger charge is -2.23. The molecule has 4 heteroatoms. The number of hydrogen-bond acceptors (Lipinski definition) is 3. The molecule has 0 aliphatic carbocycles. The van der Waals surface area contributed by atoms with Crippen molar-refractivity contribution in [1.82, 2.24) is 10.2 Å². The van der Waals surface area contributed by atoms with Gasteiger partial charge in [0.2, 0.25) is 5.91 Å². The Morgan fingerprint density at radius 3 is 2.69 bits per heavy atom. The average molecular weight is 225 g/mol. The van der Waals surface area contributed by atoms with Gasteiger partial charge in [-0.05, 0) is 25.9 Å². The largest absolute Gasteiger partial charge is 0.341 e. The van der Waals surface area contributed by atoms with E-state index in [1.165, 1.54) is 0 Å². The SMILES string of the molecule is CNCCCC(=O)N(CCC#N)CC(C)C. The Bertz CT molecular complexity index is 233. The van der Waals surface area contributed by atoms with Crippen LogP contribution in [0, 0.1) is 17.2 Å². The first-order valence-electron chi connectivity index (χ1n) is 5.91. The van der Waals surface area contributed by atoms with Gasteiger partial charge in [-0.2, -0.15) is 5.26 Å². The van der Waals surface area contributed by atoms with Crippen molar-refractivity contribution in [2.24, 2.45) is 5.92 Å². The Morgan fingerprint density at radius 2 is 2.19 bits per heavy atom. The van der Waals surface area contributed by atoms with E-state index in [0.717, 1.165) is 19.5 Å². The zero-order chi connectivity index (χ0) is 12.4. The van der Waals surface area contributed by atoms with E-state index in [1.807, 2.05) is 11.9 Å². The van der Waals surface area contributed by atoms with Gasteiger partial charge < -0.3 is 10.2 Å². The number of carbonyl (C=O) groups is 1. The van der Waals surface area contributed by atoms with Crippen LogP contribution in [0.4, 0.5) is 0 Å². The van der Waals surface area contributed by atoms with E-state index in [9.17, 15) is 4.79 Å². The van der Waals surface area contributed by atoms with Crippen molar-refractivity contribution < 1.29 is 4.79 Å². The molecule has 0 aromatic carbocycles. The average Bonchev–Trinajstić information content (AvgIpc) is 2.23. The molecule has 92 valence electrons. The molecule has 0 bridgehead atoms. The lowest BCUT2D eigenvalue weighted by atomic mass is 10.2. The summed E-state index contributed by atoms with van der Waals surface area (Å²) in [5.74, 6) is 0.617. The molecule has 1 amide bonds. The third kappa shape index (κ3) is 7.24. The van der Waals surface area contributed by atoms with Gasteiger partial charge in [0.1, 0.15) is 0 Å². The van der Waals surface area contributed by atoms with Crippen LogP contribution in [0.1, 0.15) is 33.1 Å². The zero-order valence-electron chi connectivity index (χ0n) is 10.6. The monoisotopic (exact) mass is 225 g/mol. The van der Waals surface area contributed by atoms with Gasteiger partial charge in [-0.3, -0.25) is 4.79 Å². The second-order valence-corrected chi connectivity index (χ2v) is 4.35. The summed E-state index contributed by atoms with van der Waals surface area (Å²) in [6.45, 7) is 6.34. The Balaban J connectivity index is 4.05. The highest BCUT2D eigenvalue weighted by molar-refractivity contribution is 5.76. The molecular formula is C12H23N3O. The summed E-state index contributed by atoms with van der Waals surface area (Å²) >= 11 is 0. The molecule has 0 heterocycles. The van der Waals surface area contributed by atoms with Crippen LogP contribution in [0.3, 0.4) is 0 Å². The van der Waals surface area contributed by atoms with Gasteiger partial charge in [-0.1, -0.05) is 13.8 Å². The summed E-state index contributed by atoms with van der Waals surface area (Å²) in [6, 6.07) is 2.09. The molecule has 4 nitrogen and oxygen atoms in total. The fourth-order valence-electron chi connectivity index (χ4n) is 1.52. The van der Waals surface area contributed by atoms with E-state index in [2.05, 4.69) is 25.2 Å². The van der Waals surface area contributed by atoms with Crippen LogP contribution in [0.25, 0.3) is 0 Å². The first kappa shape index (κ1) is 14.9. The number of amides is 1. The molecule has 0 aromatic heterocycles. The van der Waals surface area contributed by atoms with Crippen molar-refractivity contribution in [3.05, 3.63) is 0 Å². The maximum absolute atomic E-state index is 11.8. The topological polar surface area (TPSA) is 56.1 Å². The minimum atomic E-state index is 0.166. The predicted octanol–water partition coefficient (Wildman–Crippen LogP) is 1.38. The van der Waals surface area contributed by atoms with Crippen molar-refractivity contribution in [2.75, 3.05) is 26.7 Å². The van der Waals surface area contributed by atoms with Crippen LogP contribution in [0.2, 0.25) is 0 Å². The molecule has 0 radical (unpaired) electrons. The molecule has 0 aliphatic heterocycles. The highest BCUT2D eigenvalue weighted by atomic mass is 16.2. The normalized spacial score (nSPS) is 10.2. The van der Waals surface area contributed by atoms with Gasteiger partial charge in [-0.25, -0.2) is 0 Å². The Hall–Kier alpha value is -1.08. The van der Waals surface area contributed by atoms with Gasteiger partial charge in [0.05, 0.1) is 12.5 Å². The first-order valence-corrected chi connectivity index (χ1v) is 5.91. The molecule has 0 rings (SSSR count). The number of rotatable bonds is 8. The van der Waals surface area contributed by atoms with Crippen LogP contribution < -0.4 is 5.32 Å². The van der Waals surface area contributed by atoms with Crippen molar-refractivity contribution in [2.45, 2.75) is 33.1 Å². The van der Waals surface area contributed by atoms with E-state index in [0.29, 0.717) is 25.3 Å². The summed E-state index contributed by atoms with van der Waals surface area (Å²) in [6.07, 6.45) is 1.85. The van der Waals surface area contributed by atoms with Gasteiger partial charge in [0.15, 0.2) is 0 Å². The van der Waals surface area contributed by atoms with Crippen molar-refractivity contribution >= 4 is 5.91 Å². The zero-order valence-corrected chi connectivity index (χ0v) is 10.6. The predicted molar refractivity (Wildman–Crippen MR) is 64.8 cm³/mol. The number of nitriles is 1. The summed E-state index contributed by atoms with van der Waals surface area (Å²) in [5.41, 5.74) is 0. The van der Waals surface area contributed by atoms with Crippen LogP contribution >= 0.6 is 0 Å². The molecule has 0 fully saturated rings. The first-order chi connectivity index (χ1) is 7.61. The summed E-state index contributed by atoms with van der Waals surface area (Å²) < 4.78 is 0. The molecule has 0 unspecified atom stereocenters. The fraction of sp³-hybridized carbons (Fsp3) is 0.833. The molecule has 16 heavy (non-hydrogen) atoms. The number of hydrogen-bond donors (Lipinski definition) is 1. The fourth-order valence-corrected chi connectivity index (χ4v) is 1.52. The van der Waals surface area contributed by atoms with E-state index < -0.39 is 0 Å². The van der Waals surface area contributed by atoms with E-state index in [-0.39, 0.29) is 5.91 Å². The van der Waals surface area contributed by atoms with Gasteiger partial charge in [0, 0.05) is 19.5 Å². The number of nitrogens with one attached hydrogen (secondary N) is 1. The summed E-state index contributed by atoms with van der Waals surface area (Å²) in [4.78, 5) is 13.7. The Morgan fingerprint density at radius 1 is 1.50 bits per heavy atom. The van der Waals surface area contributed by atoms with Crippen molar-refractivity contribution in [3.63, 3.8) is 0 Å². The smallest absolute Gasteiger partial charge is 0.222 e. The highest BCUT2D eigenvalue weighted by Gasteiger charge is 2.13. The third-order valence-electron chi connectivity index (χ3n) is 2.25. The molecule has 0 aliphatic rings. The van der Waals surface area contributed by atoms with Crippen LogP contribution in [0.15, 0.2) is 0 Å².